The van der Waals surface area contributed by atoms with Gasteiger partial charge in [0.15, 0.2) is 0 Å². The van der Waals surface area contributed by atoms with Crippen molar-refractivity contribution in [1.82, 2.24) is 10.2 Å². The monoisotopic (exact) mass is 280 g/mol. The van der Waals surface area contributed by atoms with E-state index in [1.165, 1.54) is 45.2 Å². The molecule has 0 bridgehead atoms. The molecule has 2 nitrogen and oxygen atoms in total. The van der Waals surface area contributed by atoms with Crippen LogP contribution in [0.5, 0.6) is 0 Å². The number of likely N-dealkylation sites (tertiary alicyclic amines) is 1. The Balaban J connectivity index is 1.97. The lowest BCUT2D eigenvalue weighted by Crippen LogP contribution is -2.56. The number of nitrogens with zero attached hydrogens (tertiary/aromatic N) is 1. The smallest absolute Gasteiger partial charge is 0.0125 e. The largest absolute Gasteiger partial charge is 0.310 e. The Morgan fingerprint density at radius 1 is 0.900 bits per heavy atom. The molecule has 2 aliphatic rings. The van der Waals surface area contributed by atoms with Crippen LogP contribution in [-0.4, -0.2) is 35.6 Å². The van der Waals surface area contributed by atoms with Gasteiger partial charge in [-0.3, -0.25) is 4.90 Å². The fourth-order valence-corrected chi connectivity index (χ4v) is 3.97. The molecule has 3 atom stereocenters. The van der Waals surface area contributed by atoms with Crippen LogP contribution in [0.1, 0.15) is 73.6 Å². The molecule has 0 radical (unpaired) electrons. The predicted molar refractivity (Wildman–Crippen MR) is 88.1 cm³/mol. The van der Waals surface area contributed by atoms with Gasteiger partial charge >= 0.3 is 0 Å². The Bertz CT molecular complexity index is 278. The quantitative estimate of drug-likeness (QED) is 0.779. The van der Waals surface area contributed by atoms with E-state index in [9.17, 15) is 0 Å². The number of hydrogen-bond acceptors (Lipinski definition) is 2. The number of nitrogens with one attached hydrogen (secondary N) is 1. The first-order valence-electron chi connectivity index (χ1n) is 8.69. The van der Waals surface area contributed by atoms with E-state index in [4.69, 9.17) is 0 Å². The van der Waals surface area contributed by atoms with Gasteiger partial charge in [0.1, 0.15) is 0 Å². The fraction of sp³-hybridized carbons (Fsp3) is 1.00. The third kappa shape index (κ3) is 3.98. The zero-order valence-electron chi connectivity index (χ0n) is 14.6. The summed E-state index contributed by atoms with van der Waals surface area (Å²) in [7, 11) is 0. The van der Waals surface area contributed by atoms with E-state index in [0.717, 1.165) is 12.0 Å². The molecule has 20 heavy (non-hydrogen) atoms. The number of hydrogen-bond donors (Lipinski definition) is 1. The molecule has 0 aromatic carbocycles. The zero-order chi connectivity index (χ0) is 15.0. The molecule has 3 unspecified atom stereocenters. The molecule has 0 saturated carbocycles. The summed E-state index contributed by atoms with van der Waals surface area (Å²) in [6, 6.07) is 1.45. The van der Waals surface area contributed by atoms with Crippen molar-refractivity contribution in [3.05, 3.63) is 0 Å². The molecule has 0 aromatic heterocycles. The molecule has 0 aromatic rings. The van der Waals surface area contributed by atoms with E-state index in [2.05, 4.69) is 51.8 Å². The van der Waals surface area contributed by atoms with Gasteiger partial charge in [0.2, 0.25) is 0 Å². The van der Waals surface area contributed by atoms with E-state index in [1.54, 1.807) is 0 Å². The summed E-state index contributed by atoms with van der Waals surface area (Å²) in [5, 5.41) is 4.01. The average Bonchev–Trinajstić information content (AvgIpc) is 2.37. The highest BCUT2D eigenvalue weighted by atomic mass is 15.2. The second-order valence-corrected chi connectivity index (χ2v) is 9.14. The maximum atomic E-state index is 4.01. The third-order valence-electron chi connectivity index (χ3n) is 5.44. The second kappa shape index (κ2) is 5.96. The minimum Gasteiger partial charge on any atom is -0.310 e. The van der Waals surface area contributed by atoms with E-state index < -0.39 is 0 Å². The summed E-state index contributed by atoms with van der Waals surface area (Å²) in [4.78, 5) is 2.70. The van der Waals surface area contributed by atoms with Crippen LogP contribution in [0.4, 0.5) is 0 Å². The van der Waals surface area contributed by atoms with Crippen LogP contribution in [0.3, 0.4) is 0 Å². The highest BCUT2D eigenvalue weighted by Crippen LogP contribution is 2.33. The van der Waals surface area contributed by atoms with Crippen LogP contribution in [0.25, 0.3) is 0 Å². The Kier molecular flexibility index (Phi) is 4.86. The maximum absolute atomic E-state index is 4.01. The van der Waals surface area contributed by atoms with Gasteiger partial charge in [-0.1, -0.05) is 27.2 Å². The lowest BCUT2D eigenvalue weighted by Gasteiger charge is -2.47. The van der Waals surface area contributed by atoms with Crippen molar-refractivity contribution in [3.8, 4) is 0 Å². The van der Waals surface area contributed by atoms with Gasteiger partial charge in [-0.05, 0) is 64.3 Å². The molecule has 1 N–H and O–H groups in total. The standard InChI is InChI=1S/C18H36N2/c1-17(2,3)16-11-7-10-15(19-16)14-9-8-12-20(13-14)18(4,5)6/h14-16,19H,7-13H2,1-6H3. The van der Waals surface area contributed by atoms with Gasteiger partial charge in [0, 0.05) is 24.2 Å². The SMILES string of the molecule is CC(C)(C)C1CCCC(C2CCCN(C(C)(C)C)C2)N1. The van der Waals surface area contributed by atoms with Crippen LogP contribution >= 0.6 is 0 Å². The maximum Gasteiger partial charge on any atom is 0.0125 e. The van der Waals surface area contributed by atoms with Crippen molar-refractivity contribution in [2.75, 3.05) is 13.1 Å². The van der Waals surface area contributed by atoms with E-state index in [1.807, 2.05) is 0 Å². The highest BCUT2D eigenvalue weighted by Gasteiger charge is 2.36. The first-order chi connectivity index (χ1) is 9.18. The Labute approximate surface area is 126 Å². The molecular formula is C18H36N2. The Hall–Kier alpha value is -0.0800. The van der Waals surface area contributed by atoms with Crippen LogP contribution < -0.4 is 5.32 Å². The van der Waals surface area contributed by atoms with Crippen molar-refractivity contribution in [1.29, 1.82) is 0 Å². The lowest BCUT2D eigenvalue weighted by atomic mass is 9.77. The summed E-state index contributed by atoms with van der Waals surface area (Å²) in [6.45, 7) is 16.8. The molecule has 118 valence electrons. The molecule has 0 amide bonds. The first kappa shape index (κ1) is 16.3. The molecule has 2 aliphatic heterocycles. The molecule has 2 rings (SSSR count). The van der Waals surface area contributed by atoms with Crippen LogP contribution in [0.15, 0.2) is 0 Å². The predicted octanol–water partition coefficient (Wildman–Crippen LogP) is 4.05. The molecule has 2 fully saturated rings. The summed E-state index contributed by atoms with van der Waals surface area (Å²) < 4.78 is 0. The Morgan fingerprint density at radius 3 is 2.20 bits per heavy atom. The summed E-state index contributed by atoms with van der Waals surface area (Å²) >= 11 is 0. The summed E-state index contributed by atoms with van der Waals surface area (Å²) in [6.07, 6.45) is 6.94. The molecule has 2 saturated heterocycles. The van der Waals surface area contributed by atoms with Crippen molar-refractivity contribution in [2.24, 2.45) is 11.3 Å². The van der Waals surface area contributed by atoms with Gasteiger partial charge < -0.3 is 5.32 Å². The van der Waals surface area contributed by atoms with Crippen LogP contribution in [0, 0.1) is 11.3 Å². The highest BCUT2D eigenvalue weighted by molar-refractivity contribution is 4.94. The third-order valence-corrected chi connectivity index (χ3v) is 5.44. The normalized spacial score (nSPS) is 34.2. The van der Waals surface area contributed by atoms with Crippen LogP contribution in [-0.2, 0) is 0 Å². The van der Waals surface area contributed by atoms with Crippen molar-refractivity contribution >= 4 is 0 Å². The molecule has 0 spiro atoms. The molecule has 2 heteroatoms. The summed E-state index contributed by atoms with van der Waals surface area (Å²) in [5.41, 5.74) is 0.730. The Morgan fingerprint density at radius 2 is 1.60 bits per heavy atom. The van der Waals surface area contributed by atoms with Gasteiger partial charge in [-0.25, -0.2) is 0 Å². The van der Waals surface area contributed by atoms with Crippen molar-refractivity contribution < 1.29 is 0 Å². The van der Waals surface area contributed by atoms with Crippen molar-refractivity contribution in [3.63, 3.8) is 0 Å². The second-order valence-electron chi connectivity index (χ2n) is 9.14. The number of rotatable bonds is 1. The van der Waals surface area contributed by atoms with Gasteiger partial charge in [0.25, 0.3) is 0 Å². The first-order valence-corrected chi connectivity index (χ1v) is 8.69. The lowest BCUT2D eigenvalue weighted by molar-refractivity contribution is 0.0505. The van der Waals surface area contributed by atoms with E-state index in [-0.39, 0.29) is 0 Å². The fourth-order valence-electron chi connectivity index (χ4n) is 3.97. The van der Waals surface area contributed by atoms with Gasteiger partial charge in [0.05, 0.1) is 0 Å². The van der Waals surface area contributed by atoms with Crippen LogP contribution in [0.2, 0.25) is 0 Å². The van der Waals surface area contributed by atoms with E-state index >= 15 is 0 Å². The van der Waals surface area contributed by atoms with E-state index in [0.29, 0.717) is 17.0 Å². The molecular weight excluding hydrogens is 244 g/mol. The molecule has 0 aliphatic carbocycles. The average molecular weight is 280 g/mol. The zero-order valence-corrected chi connectivity index (χ0v) is 14.6. The minimum absolute atomic E-state index is 0.330. The topological polar surface area (TPSA) is 15.3 Å². The number of piperidine rings is 2. The summed E-state index contributed by atoms with van der Waals surface area (Å²) in [5.74, 6) is 0.855. The molecule has 2 heterocycles. The van der Waals surface area contributed by atoms with Gasteiger partial charge in [-0.15, -0.1) is 0 Å². The van der Waals surface area contributed by atoms with Gasteiger partial charge in [-0.2, -0.15) is 0 Å². The minimum atomic E-state index is 0.330. The van der Waals surface area contributed by atoms with Crippen molar-refractivity contribution in [2.45, 2.75) is 91.3 Å².